The molecule has 0 aromatic heterocycles. The SMILES string of the molecule is O=c1occ2[nH]c3ccccc3cc1-2. The van der Waals surface area contributed by atoms with E-state index in [1.54, 1.807) is 0 Å². The Morgan fingerprint density at radius 1 is 1.21 bits per heavy atom. The van der Waals surface area contributed by atoms with Crippen molar-refractivity contribution < 1.29 is 4.42 Å². The van der Waals surface area contributed by atoms with Gasteiger partial charge in [0, 0.05) is 5.52 Å². The molecule has 68 valence electrons. The van der Waals surface area contributed by atoms with Gasteiger partial charge in [0.1, 0.15) is 6.26 Å². The monoisotopic (exact) mass is 185 g/mol. The summed E-state index contributed by atoms with van der Waals surface area (Å²) < 4.78 is 4.80. The van der Waals surface area contributed by atoms with Crippen LogP contribution in [-0.2, 0) is 0 Å². The summed E-state index contributed by atoms with van der Waals surface area (Å²) in [6.07, 6.45) is 1.45. The quantitative estimate of drug-likeness (QED) is 0.583. The van der Waals surface area contributed by atoms with Crippen molar-refractivity contribution in [2.24, 2.45) is 0 Å². The van der Waals surface area contributed by atoms with E-state index in [9.17, 15) is 4.79 Å². The standard InChI is InChI=1S/C11H7NO2/c13-11-8-5-7-3-1-2-4-9(7)12-10(8)6-14-11/h1-6,12H. The summed E-state index contributed by atoms with van der Waals surface area (Å²) in [4.78, 5) is 14.4. The molecule has 2 aliphatic heterocycles. The first-order valence-electron chi connectivity index (χ1n) is 4.34. The van der Waals surface area contributed by atoms with Crippen molar-refractivity contribution in [2.45, 2.75) is 0 Å². The summed E-state index contributed by atoms with van der Waals surface area (Å²) >= 11 is 0. The molecular formula is C11H7NO2. The van der Waals surface area contributed by atoms with Crippen LogP contribution in [0.15, 0.2) is 45.8 Å². The molecule has 3 rings (SSSR count). The van der Waals surface area contributed by atoms with Gasteiger partial charge in [0.2, 0.25) is 0 Å². The molecule has 0 radical (unpaired) electrons. The number of benzene rings is 1. The van der Waals surface area contributed by atoms with Gasteiger partial charge in [0.05, 0.1) is 11.3 Å². The highest BCUT2D eigenvalue weighted by atomic mass is 16.4. The van der Waals surface area contributed by atoms with Gasteiger partial charge in [-0.3, -0.25) is 0 Å². The Kier molecular flexibility index (Phi) is 1.31. The number of furan rings is 1. The Hall–Kier alpha value is -2.03. The summed E-state index contributed by atoms with van der Waals surface area (Å²) in [5, 5.41) is 1.01. The maximum absolute atomic E-state index is 11.2. The lowest BCUT2D eigenvalue weighted by Gasteiger charge is -2.00. The van der Waals surface area contributed by atoms with Crippen LogP contribution in [0.4, 0.5) is 0 Å². The van der Waals surface area contributed by atoms with Gasteiger partial charge in [-0.2, -0.15) is 0 Å². The second-order valence-electron chi connectivity index (χ2n) is 3.21. The van der Waals surface area contributed by atoms with Crippen LogP contribution >= 0.6 is 0 Å². The number of nitrogens with one attached hydrogen (secondary N) is 1. The van der Waals surface area contributed by atoms with Crippen LogP contribution in [0.25, 0.3) is 22.2 Å². The van der Waals surface area contributed by atoms with E-state index in [0.717, 1.165) is 16.6 Å². The molecule has 1 N–H and O–H groups in total. The largest absolute Gasteiger partial charge is 0.429 e. The maximum Gasteiger partial charge on any atom is 0.345 e. The second kappa shape index (κ2) is 2.48. The van der Waals surface area contributed by atoms with E-state index < -0.39 is 0 Å². The second-order valence-corrected chi connectivity index (χ2v) is 3.21. The molecular weight excluding hydrogens is 178 g/mol. The molecule has 0 bridgehead atoms. The van der Waals surface area contributed by atoms with Gasteiger partial charge in [-0.15, -0.1) is 0 Å². The predicted octanol–water partition coefficient (Wildman–Crippen LogP) is 2.23. The lowest BCUT2D eigenvalue weighted by molar-refractivity contribution is 0.532. The molecule has 0 amide bonds. The summed E-state index contributed by atoms with van der Waals surface area (Å²) in [5.74, 6) is 0. The fourth-order valence-corrected chi connectivity index (χ4v) is 1.62. The van der Waals surface area contributed by atoms with E-state index in [0.29, 0.717) is 5.56 Å². The van der Waals surface area contributed by atoms with Crippen LogP contribution in [0.1, 0.15) is 0 Å². The maximum atomic E-state index is 11.2. The van der Waals surface area contributed by atoms with Crippen molar-refractivity contribution in [3.05, 3.63) is 47.0 Å². The van der Waals surface area contributed by atoms with Crippen LogP contribution in [0, 0.1) is 0 Å². The number of pyridine rings is 1. The average molecular weight is 185 g/mol. The molecule has 0 unspecified atom stereocenters. The summed E-state index contributed by atoms with van der Waals surface area (Å²) in [7, 11) is 0. The molecule has 0 saturated carbocycles. The molecule has 1 aromatic rings. The van der Waals surface area contributed by atoms with E-state index in [1.807, 2.05) is 30.3 Å². The van der Waals surface area contributed by atoms with Gasteiger partial charge in [-0.1, -0.05) is 18.2 Å². The number of fused-ring (bicyclic) bond motifs is 2. The predicted molar refractivity (Wildman–Crippen MR) is 53.5 cm³/mol. The van der Waals surface area contributed by atoms with Crippen LogP contribution in [0.3, 0.4) is 0 Å². The molecule has 2 heterocycles. The molecule has 3 nitrogen and oxygen atoms in total. The average Bonchev–Trinajstić information content (AvgIpc) is 2.57. The lowest BCUT2D eigenvalue weighted by Crippen LogP contribution is -1.96. The Labute approximate surface area is 79.3 Å². The molecule has 14 heavy (non-hydrogen) atoms. The van der Waals surface area contributed by atoms with Gasteiger partial charge in [0.15, 0.2) is 0 Å². The minimum atomic E-state index is -0.290. The van der Waals surface area contributed by atoms with Gasteiger partial charge < -0.3 is 9.40 Å². The number of hydrogen-bond donors (Lipinski definition) is 1. The molecule has 0 saturated heterocycles. The number of para-hydroxylation sites is 1. The smallest absolute Gasteiger partial charge is 0.345 e. The van der Waals surface area contributed by atoms with Crippen molar-refractivity contribution >= 4 is 10.9 Å². The van der Waals surface area contributed by atoms with E-state index >= 15 is 0 Å². The van der Waals surface area contributed by atoms with E-state index in [2.05, 4.69) is 4.98 Å². The summed E-state index contributed by atoms with van der Waals surface area (Å²) in [6.45, 7) is 0. The van der Waals surface area contributed by atoms with Gasteiger partial charge >= 0.3 is 5.63 Å². The number of H-pyrrole nitrogens is 1. The van der Waals surface area contributed by atoms with Crippen LogP contribution < -0.4 is 5.63 Å². The number of hydrogen-bond acceptors (Lipinski definition) is 2. The zero-order valence-corrected chi connectivity index (χ0v) is 7.28. The Morgan fingerprint density at radius 3 is 3.00 bits per heavy atom. The Morgan fingerprint density at radius 2 is 2.07 bits per heavy atom. The van der Waals surface area contributed by atoms with Gasteiger partial charge in [0.25, 0.3) is 0 Å². The van der Waals surface area contributed by atoms with Crippen LogP contribution in [0.2, 0.25) is 0 Å². The summed E-state index contributed by atoms with van der Waals surface area (Å²) in [5.41, 5.74) is 2.06. The fourth-order valence-electron chi connectivity index (χ4n) is 1.62. The third kappa shape index (κ3) is 0.893. The highest BCUT2D eigenvalue weighted by molar-refractivity contribution is 5.84. The Balaban J connectivity index is 2.56. The topological polar surface area (TPSA) is 46.0 Å². The number of aromatic nitrogens is 1. The molecule has 0 aliphatic carbocycles. The third-order valence-electron chi connectivity index (χ3n) is 2.32. The first-order valence-corrected chi connectivity index (χ1v) is 4.34. The van der Waals surface area contributed by atoms with E-state index in [-0.39, 0.29) is 5.63 Å². The zero-order chi connectivity index (χ0) is 9.54. The van der Waals surface area contributed by atoms with Gasteiger partial charge in [-0.25, -0.2) is 4.79 Å². The lowest BCUT2D eigenvalue weighted by atomic mass is 10.1. The van der Waals surface area contributed by atoms with E-state index in [1.165, 1.54) is 6.26 Å². The molecule has 0 spiro atoms. The minimum absolute atomic E-state index is 0.290. The first-order chi connectivity index (χ1) is 6.84. The van der Waals surface area contributed by atoms with Crippen molar-refractivity contribution in [2.75, 3.05) is 0 Å². The minimum Gasteiger partial charge on any atom is -0.429 e. The zero-order valence-electron chi connectivity index (χ0n) is 7.28. The van der Waals surface area contributed by atoms with Gasteiger partial charge in [-0.05, 0) is 17.5 Å². The number of rotatable bonds is 0. The van der Waals surface area contributed by atoms with Crippen molar-refractivity contribution in [3.8, 4) is 11.3 Å². The third-order valence-corrected chi connectivity index (χ3v) is 2.32. The molecule has 2 aliphatic rings. The molecule has 0 atom stereocenters. The number of aromatic amines is 1. The molecule has 0 fully saturated rings. The normalized spacial score (nSPS) is 11.1. The van der Waals surface area contributed by atoms with Crippen LogP contribution in [0.5, 0.6) is 0 Å². The summed E-state index contributed by atoms with van der Waals surface area (Å²) in [6, 6.07) is 9.65. The highest BCUT2D eigenvalue weighted by Crippen LogP contribution is 2.21. The Bertz CT molecular complexity index is 621. The van der Waals surface area contributed by atoms with Crippen molar-refractivity contribution in [3.63, 3.8) is 0 Å². The van der Waals surface area contributed by atoms with Crippen molar-refractivity contribution in [1.29, 1.82) is 0 Å². The molecule has 1 aromatic carbocycles. The van der Waals surface area contributed by atoms with Crippen molar-refractivity contribution in [1.82, 2.24) is 4.98 Å². The highest BCUT2D eigenvalue weighted by Gasteiger charge is 2.10. The molecule has 3 heteroatoms. The fraction of sp³-hybridized carbons (Fsp3) is 0. The van der Waals surface area contributed by atoms with E-state index in [4.69, 9.17) is 4.42 Å². The van der Waals surface area contributed by atoms with Crippen LogP contribution in [-0.4, -0.2) is 4.98 Å². The first kappa shape index (κ1) is 7.38.